The van der Waals surface area contributed by atoms with Crippen molar-refractivity contribution in [2.45, 2.75) is 6.92 Å². The minimum atomic E-state index is -0.220. The average molecular weight is 327 g/mol. The van der Waals surface area contributed by atoms with Crippen molar-refractivity contribution in [3.63, 3.8) is 0 Å². The van der Waals surface area contributed by atoms with Gasteiger partial charge in [-0.1, -0.05) is 30.0 Å². The summed E-state index contributed by atoms with van der Waals surface area (Å²) in [6.07, 6.45) is 0. The van der Waals surface area contributed by atoms with E-state index < -0.39 is 0 Å². The molecule has 5 nitrogen and oxygen atoms in total. The zero-order valence-electron chi connectivity index (χ0n) is 12.9. The third-order valence-electron chi connectivity index (χ3n) is 3.75. The van der Waals surface area contributed by atoms with Crippen LogP contribution in [0.5, 0.6) is 0 Å². The van der Waals surface area contributed by atoms with Crippen LogP contribution in [0, 0.1) is 11.3 Å². The summed E-state index contributed by atoms with van der Waals surface area (Å²) in [4.78, 5) is 16.4. The Morgan fingerprint density at radius 1 is 1.26 bits per heavy atom. The molecular formula is C17H17N3O2S. The van der Waals surface area contributed by atoms with Crippen LogP contribution >= 0.6 is 11.8 Å². The van der Waals surface area contributed by atoms with Crippen LogP contribution in [0.3, 0.4) is 0 Å². The van der Waals surface area contributed by atoms with Gasteiger partial charge >= 0.3 is 0 Å². The fourth-order valence-electron chi connectivity index (χ4n) is 2.59. The lowest BCUT2D eigenvalue weighted by molar-refractivity contribution is -0.130. The minimum Gasteiger partial charge on any atom is -0.378 e. The van der Waals surface area contributed by atoms with Gasteiger partial charge in [-0.25, -0.2) is 0 Å². The van der Waals surface area contributed by atoms with E-state index in [4.69, 9.17) is 4.74 Å². The highest BCUT2D eigenvalue weighted by atomic mass is 32.2. The van der Waals surface area contributed by atoms with Crippen molar-refractivity contribution >= 4 is 23.4 Å². The van der Waals surface area contributed by atoms with E-state index in [1.165, 1.54) is 11.8 Å². The number of benzene rings is 1. The van der Waals surface area contributed by atoms with Crippen LogP contribution in [0.4, 0.5) is 5.69 Å². The highest BCUT2D eigenvalue weighted by molar-refractivity contribution is 8.06. The molecule has 2 aliphatic rings. The van der Waals surface area contributed by atoms with Gasteiger partial charge in [0.05, 0.1) is 13.2 Å². The average Bonchev–Trinajstić information content (AvgIpc) is 2.98. The lowest BCUT2D eigenvalue weighted by atomic mass is 10.2. The summed E-state index contributed by atoms with van der Waals surface area (Å²) in [5.41, 5.74) is 2.14. The van der Waals surface area contributed by atoms with Crippen LogP contribution in [-0.4, -0.2) is 37.1 Å². The Hall–Kier alpha value is -2.23. The minimum absolute atomic E-state index is 0.189. The number of carbonyl (C=O) groups excluding carboxylic acids is 1. The van der Waals surface area contributed by atoms with Crippen LogP contribution in [0.1, 0.15) is 6.92 Å². The Kier molecular flexibility index (Phi) is 4.70. The molecule has 1 amide bonds. The smallest absolute Gasteiger partial charge is 0.267 e. The van der Waals surface area contributed by atoms with E-state index in [-0.39, 0.29) is 11.5 Å². The molecule has 3 rings (SSSR count). The number of anilines is 1. The molecule has 6 heteroatoms. The second-order valence-electron chi connectivity index (χ2n) is 5.24. The third-order valence-corrected chi connectivity index (χ3v) is 4.82. The maximum Gasteiger partial charge on any atom is 0.267 e. The third kappa shape index (κ3) is 3.11. The molecular weight excluding hydrogens is 310 g/mol. The van der Waals surface area contributed by atoms with E-state index in [1.807, 2.05) is 47.6 Å². The first-order chi connectivity index (χ1) is 11.2. The molecule has 0 bridgehead atoms. The van der Waals surface area contributed by atoms with Crippen molar-refractivity contribution < 1.29 is 9.53 Å². The number of amides is 1. The van der Waals surface area contributed by atoms with Gasteiger partial charge in [-0.15, -0.1) is 0 Å². The SMILES string of the molecule is CC1=CS/C(=C(\C#N)C(=O)N2CCOCC2)N1c1ccccc1. The number of ether oxygens (including phenoxy) is 1. The Balaban J connectivity index is 1.96. The first-order valence-corrected chi connectivity index (χ1v) is 8.30. The van der Waals surface area contributed by atoms with Gasteiger partial charge < -0.3 is 14.5 Å². The molecule has 0 spiro atoms. The molecule has 0 unspecified atom stereocenters. The Morgan fingerprint density at radius 3 is 2.61 bits per heavy atom. The van der Waals surface area contributed by atoms with E-state index >= 15 is 0 Å². The number of rotatable bonds is 2. The van der Waals surface area contributed by atoms with E-state index in [2.05, 4.69) is 6.07 Å². The van der Waals surface area contributed by atoms with Crippen molar-refractivity contribution in [1.82, 2.24) is 4.90 Å². The van der Waals surface area contributed by atoms with Crippen molar-refractivity contribution in [1.29, 1.82) is 5.26 Å². The molecule has 23 heavy (non-hydrogen) atoms. The van der Waals surface area contributed by atoms with E-state index in [1.54, 1.807) is 4.90 Å². The van der Waals surface area contributed by atoms with Gasteiger partial charge in [-0.2, -0.15) is 5.26 Å². The van der Waals surface area contributed by atoms with Crippen LogP contribution in [0.15, 0.2) is 52.0 Å². The van der Waals surface area contributed by atoms with Gasteiger partial charge in [0, 0.05) is 24.5 Å². The first-order valence-electron chi connectivity index (χ1n) is 7.42. The summed E-state index contributed by atoms with van der Waals surface area (Å²) >= 11 is 1.42. The van der Waals surface area contributed by atoms with Crippen LogP contribution in [-0.2, 0) is 9.53 Å². The molecule has 2 aliphatic heterocycles. The molecule has 118 valence electrons. The number of thioether (sulfide) groups is 1. The lowest BCUT2D eigenvalue weighted by Gasteiger charge is -2.28. The van der Waals surface area contributed by atoms with Gasteiger partial charge in [0.25, 0.3) is 5.91 Å². The van der Waals surface area contributed by atoms with Gasteiger partial charge in [-0.3, -0.25) is 4.79 Å². The van der Waals surface area contributed by atoms with E-state index in [0.29, 0.717) is 31.3 Å². The van der Waals surface area contributed by atoms with E-state index in [9.17, 15) is 10.1 Å². The molecule has 1 aromatic carbocycles. The number of carbonyl (C=O) groups is 1. The topological polar surface area (TPSA) is 56.6 Å². The Bertz CT molecular complexity index is 700. The molecule has 0 N–H and O–H groups in total. The number of hydrogen-bond donors (Lipinski definition) is 0. The maximum atomic E-state index is 12.7. The normalized spacial score (nSPS) is 20.1. The fraction of sp³-hybridized carbons (Fsp3) is 0.294. The Labute approximate surface area is 139 Å². The molecule has 1 aromatic rings. The highest BCUT2D eigenvalue weighted by Crippen LogP contribution is 2.40. The molecule has 0 aliphatic carbocycles. The van der Waals surface area contributed by atoms with Crippen molar-refractivity contribution in [2.24, 2.45) is 0 Å². The summed E-state index contributed by atoms with van der Waals surface area (Å²) in [7, 11) is 0. The van der Waals surface area contributed by atoms with Gasteiger partial charge in [0.2, 0.25) is 0 Å². The van der Waals surface area contributed by atoms with Crippen molar-refractivity contribution in [3.05, 3.63) is 52.0 Å². The first kappa shape index (κ1) is 15.7. The van der Waals surface area contributed by atoms with Gasteiger partial charge in [0.15, 0.2) is 0 Å². The van der Waals surface area contributed by atoms with Crippen molar-refractivity contribution in [3.8, 4) is 6.07 Å². The highest BCUT2D eigenvalue weighted by Gasteiger charge is 2.30. The van der Waals surface area contributed by atoms with E-state index in [0.717, 1.165) is 11.4 Å². The summed E-state index contributed by atoms with van der Waals surface area (Å²) in [6.45, 7) is 4.07. The van der Waals surface area contributed by atoms with Crippen LogP contribution in [0.25, 0.3) is 0 Å². The molecule has 0 radical (unpaired) electrons. The van der Waals surface area contributed by atoms with Gasteiger partial charge in [-0.05, 0) is 24.5 Å². The summed E-state index contributed by atoms with van der Waals surface area (Å²) in [5.74, 6) is -0.220. The Morgan fingerprint density at radius 2 is 1.96 bits per heavy atom. The summed E-state index contributed by atoms with van der Waals surface area (Å²) in [6, 6.07) is 11.9. The largest absolute Gasteiger partial charge is 0.378 e. The van der Waals surface area contributed by atoms with Crippen molar-refractivity contribution in [2.75, 3.05) is 31.2 Å². The molecule has 1 saturated heterocycles. The molecule has 0 atom stereocenters. The number of para-hydroxylation sites is 1. The molecule has 2 heterocycles. The number of morpholine rings is 1. The molecule has 0 aromatic heterocycles. The molecule has 0 saturated carbocycles. The quantitative estimate of drug-likeness (QED) is 0.617. The molecule has 1 fully saturated rings. The second-order valence-corrected chi connectivity index (χ2v) is 6.10. The number of nitrogens with zero attached hydrogens (tertiary/aromatic N) is 3. The summed E-state index contributed by atoms with van der Waals surface area (Å²) < 4.78 is 5.28. The number of allylic oxidation sites excluding steroid dienone is 1. The zero-order chi connectivity index (χ0) is 16.2. The van der Waals surface area contributed by atoms with Crippen LogP contribution < -0.4 is 4.90 Å². The monoisotopic (exact) mass is 327 g/mol. The predicted octanol–water partition coefficient (Wildman–Crippen LogP) is 2.70. The number of hydrogen-bond acceptors (Lipinski definition) is 5. The zero-order valence-corrected chi connectivity index (χ0v) is 13.7. The predicted molar refractivity (Wildman–Crippen MR) is 90.3 cm³/mol. The maximum absolute atomic E-state index is 12.7. The fourth-order valence-corrected chi connectivity index (χ4v) is 3.58. The number of nitriles is 1. The lowest BCUT2D eigenvalue weighted by Crippen LogP contribution is -2.41. The second kappa shape index (κ2) is 6.90. The standard InChI is InChI=1S/C17H17N3O2S/c1-13-12-23-17(20(13)14-5-3-2-4-6-14)15(11-18)16(21)19-7-9-22-10-8-19/h2-6,12H,7-10H2,1H3/b17-15+. The van der Waals surface area contributed by atoms with Gasteiger partial charge in [0.1, 0.15) is 16.7 Å². The summed E-state index contributed by atoms with van der Waals surface area (Å²) in [5, 5.41) is 12.2. The van der Waals surface area contributed by atoms with Crippen LogP contribution in [0.2, 0.25) is 0 Å².